The van der Waals surface area contributed by atoms with Gasteiger partial charge in [0.1, 0.15) is 18.0 Å². The molecule has 0 saturated carbocycles. The number of unbranched alkanes of at least 4 members (excludes halogenated alkanes) is 8. The largest absolute Gasteiger partial charge is 0.490 e. The minimum absolute atomic E-state index is 0.0532. The minimum atomic E-state index is -0.0532. The quantitative estimate of drug-likeness (QED) is 0.308. The molecule has 1 aromatic carbocycles. The summed E-state index contributed by atoms with van der Waals surface area (Å²) in [6.07, 6.45) is 16.7. The summed E-state index contributed by atoms with van der Waals surface area (Å²) in [5.41, 5.74) is 1.16. The number of ether oxygens (including phenoxy) is 2. The molecule has 1 fully saturated rings. The molecule has 1 heterocycles. The lowest BCUT2D eigenvalue weighted by Crippen LogP contribution is -2.16. The van der Waals surface area contributed by atoms with Gasteiger partial charge >= 0.3 is 0 Å². The van der Waals surface area contributed by atoms with Crippen LogP contribution >= 0.6 is 0 Å². The normalized spacial score (nSPS) is 19.8. The van der Waals surface area contributed by atoms with Gasteiger partial charge in [0.2, 0.25) is 0 Å². The van der Waals surface area contributed by atoms with Crippen molar-refractivity contribution < 1.29 is 9.47 Å². The van der Waals surface area contributed by atoms with Crippen LogP contribution in [0.1, 0.15) is 77.2 Å². The van der Waals surface area contributed by atoms with E-state index in [0.29, 0.717) is 6.61 Å². The van der Waals surface area contributed by atoms with Crippen LogP contribution in [0.4, 0.5) is 0 Å². The first-order valence-corrected chi connectivity index (χ1v) is 9.75. The topological polar surface area (TPSA) is 21.8 Å². The van der Waals surface area contributed by atoms with Gasteiger partial charge in [-0.3, -0.25) is 0 Å². The van der Waals surface area contributed by atoms with Crippen LogP contribution in [0, 0.1) is 0 Å². The maximum atomic E-state index is 5.81. The van der Waals surface area contributed by atoms with Crippen molar-refractivity contribution in [2.75, 3.05) is 13.2 Å². The molecule has 1 unspecified atom stereocenters. The van der Waals surface area contributed by atoms with Gasteiger partial charge in [0, 0.05) is 0 Å². The van der Waals surface area contributed by atoms with E-state index in [1.165, 1.54) is 63.4 Å². The van der Waals surface area contributed by atoms with E-state index in [0.717, 1.165) is 12.4 Å². The number of allylic oxidation sites excluding steroid dienone is 1. The first kappa shape index (κ1) is 19.1. The van der Waals surface area contributed by atoms with Gasteiger partial charge in [-0.15, -0.1) is 0 Å². The molecule has 0 aromatic heterocycles. The van der Waals surface area contributed by atoms with Crippen LogP contribution in [0.3, 0.4) is 0 Å². The summed E-state index contributed by atoms with van der Waals surface area (Å²) in [7, 11) is 0. The lowest BCUT2D eigenvalue weighted by molar-refractivity contribution is 0.202. The van der Waals surface area contributed by atoms with Crippen LogP contribution in [-0.2, 0) is 4.74 Å². The summed E-state index contributed by atoms with van der Waals surface area (Å²) in [4.78, 5) is 0. The lowest BCUT2D eigenvalue weighted by atomic mass is 10.1. The maximum Gasteiger partial charge on any atom is 0.123 e. The predicted octanol–water partition coefficient (Wildman–Crippen LogP) is 6.40. The summed E-state index contributed by atoms with van der Waals surface area (Å²) >= 11 is 0. The Balaban J connectivity index is 1.56. The molecular weight excluding hydrogens is 296 g/mol. The van der Waals surface area contributed by atoms with Crippen molar-refractivity contribution in [1.29, 1.82) is 0 Å². The number of epoxide rings is 1. The second-order valence-electron chi connectivity index (χ2n) is 7.27. The molecule has 1 aromatic rings. The van der Waals surface area contributed by atoms with Gasteiger partial charge in [-0.1, -0.05) is 76.2 Å². The van der Waals surface area contributed by atoms with Crippen LogP contribution in [0.15, 0.2) is 30.3 Å². The Bertz CT molecular complexity index is 488. The Kier molecular flexibility index (Phi) is 8.38. The van der Waals surface area contributed by atoms with Crippen molar-refractivity contribution >= 4 is 6.08 Å². The molecule has 0 radical (unpaired) electrons. The molecule has 1 atom stereocenters. The van der Waals surface area contributed by atoms with Crippen molar-refractivity contribution in [3.63, 3.8) is 0 Å². The Hall–Kier alpha value is -1.28. The first-order valence-electron chi connectivity index (χ1n) is 9.75. The molecule has 0 bridgehead atoms. The fourth-order valence-electron chi connectivity index (χ4n) is 2.77. The molecule has 0 spiro atoms. The van der Waals surface area contributed by atoms with Gasteiger partial charge in [-0.05, 0) is 37.5 Å². The van der Waals surface area contributed by atoms with E-state index in [9.17, 15) is 0 Å². The zero-order valence-electron chi connectivity index (χ0n) is 15.6. The monoisotopic (exact) mass is 330 g/mol. The first-order chi connectivity index (χ1) is 11.7. The fraction of sp³-hybridized carbons (Fsp3) is 0.636. The molecule has 134 valence electrons. The molecule has 1 saturated heterocycles. The van der Waals surface area contributed by atoms with Crippen LogP contribution in [-0.4, -0.2) is 18.8 Å². The van der Waals surface area contributed by atoms with E-state index in [-0.39, 0.29) is 5.60 Å². The standard InChI is InChI=1S/C22H34O2/c1-3-4-5-6-7-8-9-10-11-12-14-20-15-13-16-21(17-20)23-18-22(2)19-24-22/h12-17H,3-11,18-19H2,1-2H3/b14-12+. The molecule has 2 heteroatoms. The number of rotatable bonds is 13. The molecule has 0 N–H and O–H groups in total. The summed E-state index contributed by atoms with van der Waals surface area (Å²) in [5, 5.41) is 0. The van der Waals surface area contributed by atoms with E-state index in [1.54, 1.807) is 0 Å². The highest BCUT2D eigenvalue weighted by molar-refractivity contribution is 5.51. The molecule has 1 aliphatic heterocycles. The fourth-order valence-corrected chi connectivity index (χ4v) is 2.77. The van der Waals surface area contributed by atoms with Gasteiger partial charge in [0.05, 0.1) is 6.61 Å². The van der Waals surface area contributed by atoms with E-state index >= 15 is 0 Å². The number of benzene rings is 1. The van der Waals surface area contributed by atoms with Gasteiger partial charge in [0.25, 0.3) is 0 Å². The third-order valence-electron chi connectivity index (χ3n) is 4.57. The molecule has 2 rings (SSSR count). The Morgan fingerprint density at radius 1 is 1.08 bits per heavy atom. The highest BCUT2D eigenvalue weighted by atomic mass is 16.6. The summed E-state index contributed by atoms with van der Waals surface area (Å²) < 4.78 is 11.2. The third kappa shape index (κ3) is 8.01. The zero-order valence-corrected chi connectivity index (χ0v) is 15.6. The summed E-state index contributed by atoms with van der Waals surface area (Å²) in [6, 6.07) is 8.31. The van der Waals surface area contributed by atoms with Crippen LogP contribution < -0.4 is 4.74 Å². The van der Waals surface area contributed by atoms with Crippen LogP contribution in [0.2, 0.25) is 0 Å². The van der Waals surface area contributed by atoms with Crippen LogP contribution in [0.25, 0.3) is 6.08 Å². The Labute approximate surface area is 148 Å². The summed E-state index contributed by atoms with van der Waals surface area (Å²) in [6.45, 7) is 5.81. The minimum Gasteiger partial charge on any atom is -0.490 e. The summed E-state index contributed by atoms with van der Waals surface area (Å²) in [5.74, 6) is 0.931. The molecular formula is C22H34O2. The smallest absolute Gasteiger partial charge is 0.123 e. The molecule has 1 aliphatic rings. The van der Waals surface area contributed by atoms with E-state index < -0.39 is 0 Å². The third-order valence-corrected chi connectivity index (χ3v) is 4.57. The van der Waals surface area contributed by atoms with Gasteiger partial charge in [-0.25, -0.2) is 0 Å². The number of hydrogen-bond donors (Lipinski definition) is 0. The number of hydrogen-bond acceptors (Lipinski definition) is 2. The average Bonchev–Trinajstić information content (AvgIpc) is 3.33. The van der Waals surface area contributed by atoms with Crippen molar-refractivity contribution in [1.82, 2.24) is 0 Å². The van der Waals surface area contributed by atoms with E-state index in [4.69, 9.17) is 9.47 Å². The molecule has 24 heavy (non-hydrogen) atoms. The SMILES string of the molecule is CCCCCCCCCC/C=C/c1cccc(OCC2(C)CO2)c1. The van der Waals surface area contributed by atoms with Gasteiger partial charge in [0.15, 0.2) is 0 Å². The molecule has 0 amide bonds. The molecule has 0 aliphatic carbocycles. The predicted molar refractivity (Wildman–Crippen MR) is 103 cm³/mol. The zero-order chi connectivity index (χ0) is 17.1. The van der Waals surface area contributed by atoms with E-state index in [1.807, 2.05) is 6.07 Å². The second kappa shape index (κ2) is 10.6. The lowest BCUT2D eigenvalue weighted by Gasteiger charge is -2.09. The van der Waals surface area contributed by atoms with E-state index in [2.05, 4.69) is 44.2 Å². The second-order valence-corrected chi connectivity index (χ2v) is 7.27. The van der Waals surface area contributed by atoms with Gasteiger partial charge in [-0.2, -0.15) is 0 Å². The maximum absolute atomic E-state index is 5.81. The van der Waals surface area contributed by atoms with Crippen molar-refractivity contribution in [2.45, 2.75) is 77.2 Å². The molecule has 2 nitrogen and oxygen atoms in total. The van der Waals surface area contributed by atoms with Gasteiger partial charge < -0.3 is 9.47 Å². The van der Waals surface area contributed by atoms with Crippen LogP contribution in [0.5, 0.6) is 5.75 Å². The van der Waals surface area contributed by atoms with Crippen molar-refractivity contribution in [2.24, 2.45) is 0 Å². The Morgan fingerprint density at radius 3 is 2.50 bits per heavy atom. The average molecular weight is 331 g/mol. The van der Waals surface area contributed by atoms with Crippen molar-refractivity contribution in [3.8, 4) is 5.75 Å². The highest BCUT2D eigenvalue weighted by Gasteiger charge is 2.40. The van der Waals surface area contributed by atoms with Crippen molar-refractivity contribution in [3.05, 3.63) is 35.9 Å². The Morgan fingerprint density at radius 2 is 1.79 bits per heavy atom. The highest BCUT2D eigenvalue weighted by Crippen LogP contribution is 2.27.